The van der Waals surface area contributed by atoms with Crippen molar-refractivity contribution in [3.8, 4) is 5.75 Å². The molecule has 0 aliphatic carbocycles. The van der Waals surface area contributed by atoms with Gasteiger partial charge in [-0.1, -0.05) is 18.7 Å². The second-order valence-corrected chi connectivity index (χ2v) is 7.85. The predicted molar refractivity (Wildman–Crippen MR) is 101 cm³/mol. The SMILES string of the molecule is C=C(C)N1CC[C@H](CCc2cc(C)c(OC(C)(C)C(=O)O)c(C)c2)C1. The number of likely N-dealkylation sites (tertiary alicyclic amines) is 1. The number of nitrogens with zero attached hydrogens (tertiary/aromatic N) is 1. The molecular formula is C21H31NO3. The van der Waals surface area contributed by atoms with Crippen LogP contribution in [0.2, 0.25) is 0 Å². The third-order valence-corrected chi connectivity index (χ3v) is 5.06. The van der Waals surface area contributed by atoms with E-state index in [0.717, 1.165) is 42.3 Å². The van der Waals surface area contributed by atoms with Crippen molar-refractivity contribution >= 4 is 5.97 Å². The molecule has 1 heterocycles. The Morgan fingerprint density at radius 3 is 2.44 bits per heavy atom. The van der Waals surface area contributed by atoms with Crippen molar-refractivity contribution in [1.82, 2.24) is 4.90 Å². The van der Waals surface area contributed by atoms with Gasteiger partial charge in [-0.2, -0.15) is 0 Å². The van der Waals surface area contributed by atoms with Crippen LogP contribution in [0.4, 0.5) is 0 Å². The summed E-state index contributed by atoms with van der Waals surface area (Å²) in [6.07, 6.45) is 3.45. The molecule has 1 aliphatic rings. The predicted octanol–water partition coefficient (Wildman–Crippen LogP) is 4.33. The van der Waals surface area contributed by atoms with Crippen LogP contribution in [0.5, 0.6) is 5.75 Å². The quantitative estimate of drug-likeness (QED) is 0.799. The molecule has 1 aliphatic heterocycles. The minimum Gasteiger partial charge on any atom is -0.478 e. The van der Waals surface area contributed by atoms with Crippen LogP contribution >= 0.6 is 0 Å². The van der Waals surface area contributed by atoms with E-state index in [9.17, 15) is 9.90 Å². The smallest absolute Gasteiger partial charge is 0.347 e. The molecule has 2 rings (SSSR count). The van der Waals surface area contributed by atoms with Crippen LogP contribution in [-0.4, -0.2) is 34.7 Å². The van der Waals surface area contributed by atoms with Crippen molar-refractivity contribution in [2.24, 2.45) is 5.92 Å². The number of benzene rings is 1. The number of carboxylic acids is 1. The Morgan fingerprint density at radius 1 is 1.36 bits per heavy atom. The van der Waals surface area contributed by atoms with E-state index in [1.54, 1.807) is 13.8 Å². The first kappa shape index (κ1) is 19.4. The van der Waals surface area contributed by atoms with E-state index in [1.165, 1.54) is 18.4 Å². The first-order valence-corrected chi connectivity index (χ1v) is 9.03. The van der Waals surface area contributed by atoms with Gasteiger partial charge >= 0.3 is 5.97 Å². The van der Waals surface area contributed by atoms with E-state index in [1.807, 2.05) is 13.8 Å². The number of hydrogen-bond donors (Lipinski definition) is 1. The van der Waals surface area contributed by atoms with Crippen molar-refractivity contribution in [1.29, 1.82) is 0 Å². The highest BCUT2D eigenvalue weighted by Gasteiger charge is 2.30. The number of hydrogen-bond acceptors (Lipinski definition) is 3. The van der Waals surface area contributed by atoms with E-state index < -0.39 is 11.6 Å². The van der Waals surface area contributed by atoms with Crippen molar-refractivity contribution in [3.05, 3.63) is 41.1 Å². The Morgan fingerprint density at radius 2 is 1.96 bits per heavy atom. The number of aryl methyl sites for hydroxylation is 3. The molecule has 1 aromatic rings. The molecular weight excluding hydrogens is 314 g/mol. The van der Waals surface area contributed by atoms with Gasteiger partial charge in [-0.3, -0.25) is 0 Å². The van der Waals surface area contributed by atoms with Gasteiger partial charge < -0.3 is 14.7 Å². The Hall–Kier alpha value is -1.97. The summed E-state index contributed by atoms with van der Waals surface area (Å²) >= 11 is 0. The minimum atomic E-state index is -1.23. The summed E-state index contributed by atoms with van der Waals surface area (Å²) in [5.41, 5.74) is 3.23. The Kier molecular flexibility index (Phi) is 5.81. The van der Waals surface area contributed by atoms with Gasteiger partial charge in [-0.15, -0.1) is 0 Å². The zero-order valence-electron chi connectivity index (χ0n) is 16.2. The maximum absolute atomic E-state index is 11.3. The third kappa shape index (κ3) is 4.77. The molecule has 0 radical (unpaired) electrons. The largest absolute Gasteiger partial charge is 0.478 e. The molecule has 1 N–H and O–H groups in total. The summed E-state index contributed by atoms with van der Waals surface area (Å²) in [5, 5.41) is 9.27. The van der Waals surface area contributed by atoms with Gasteiger partial charge in [0.2, 0.25) is 0 Å². The molecule has 1 fully saturated rings. The van der Waals surface area contributed by atoms with Crippen LogP contribution < -0.4 is 4.74 Å². The summed E-state index contributed by atoms with van der Waals surface area (Å²) in [6.45, 7) is 15.5. The number of ether oxygens (including phenoxy) is 1. The Labute approximate surface area is 151 Å². The molecule has 25 heavy (non-hydrogen) atoms. The van der Waals surface area contributed by atoms with E-state index in [0.29, 0.717) is 5.75 Å². The summed E-state index contributed by atoms with van der Waals surface area (Å²) in [6, 6.07) is 4.26. The molecule has 1 atom stereocenters. The monoisotopic (exact) mass is 345 g/mol. The van der Waals surface area contributed by atoms with Gasteiger partial charge in [0.05, 0.1) is 0 Å². The third-order valence-electron chi connectivity index (χ3n) is 5.06. The lowest BCUT2D eigenvalue weighted by Gasteiger charge is -2.24. The zero-order valence-corrected chi connectivity index (χ0v) is 16.2. The van der Waals surface area contributed by atoms with Gasteiger partial charge in [0.15, 0.2) is 5.60 Å². The summed E-state index contributed by atoms with van der Waals surface area (Å²) in [7, 11) is 0. The lowest BCUT2D eigenvalue weighted by molar-refractivity contribution is -0.152. The van der Waals surface area contributed by atoms with Crippen LogP contribution in [0.1, 0.15) is 50.3 Å². The number of aliphatic carboxylic acids is 1. The summed E-state index contributed by atoms with van der Waals surface area (Å²) in [5.74, 6) is 0.448. The Balaban J connectivity index is 2.02. The van der Waals surface area contributed by atoms with Gasteiger partial charge in [0.25, 0.3) is 0 Å². The van der Waals surface area contributed by atoms with Gasteiger partial charge in [0, 0.05) is 18.8 Å². The Bertz CT molecular complexity index is 640. The fourth-order valence-electron chi connectivity index (χ4n) is 3.43. The number of carbonyl (C=O) groups is 1. The van der Waals surface area contributed by atoms with Crippen molar-refractivity contribution in [2.45, 2.75) is 59.5 Å². The molecule has 4 nitrogen and oxygen atoms in total. The van der Waals surface area contributed by atoms with E-state index >= 15 is 0 Å². The van der Waals surface area contributed by atoms with Crippen LogP contribution in [-0.2, 0) is 11.2 Å². The number of rotatable bonds is 7. The average molecular weight is 345 g/mol. The fraction of sp³-hybridized carbons (Fsp3) is 0.571. The number of carboxylic acid groups (broad SMARTS) is 1. The van der Waals surface area contributed by atoms with Crippen molar-refractivity contribution in [3.63, 3.8) is 0 Å². The summed E-state index contributed by atoms with van der Waals surface area (Å²) in [4.78, 5) is 13.7. The van der Waals surface area contributed by atoms with Crippen LogP contribution in [0, 0.1) is 19.8 Å². The van der Waals surface area contributed by atoms with Gasteiger partial charge in [-0.05, 0) is 76.5 Å². The minimum absolute atomic E-state index is 0.686. The molecule has 0 bridgehead atoms. The standard InChI is InChI=1S/C21H31NO3/c1-14(2)22-10-9-17(13-22)7-8-18-11-15(3)19(16(4)12-18)25-21(5,6)20(23)24/h11-12,17H,1,7-10,13H2,2-6H3,(H,23,24)/t17-/m0/s1. The highest BCUT2D eigenvalue weighted by Crippen LogP contribution is 2.30. The van der Waals surface area contributed by atoms with Crippen LogP contribution in [0.3, 0.4) is 0 Å². The fourth-order valence-corrected chi connectivity index (χ4v) is 3.43. The molecule has 0 saturated carbocycles. The van der Waals surface area contributed by atoms with E-state index in [-0.39, 0.29) is 0 Å². The van der Waals surface area contributed by atoms with E-state index in [2.05, 4.69) is 30.5 Å². The molecule has 1 aromatic carbocycles. The van der Waals surface area contributed by atoms with Crippen molar-refractivity contribution < 1.29 is 14.6 Å². The molecule has 0 spiro atoms. The molecule has 138 valence electrons. The van der Waals surface area contributed by atoms with E-state index in [4.69, 9.17) is 4.74 Å². The molecule has 0 aromatic heterocycles. The van der Waals surface area contributed by atoms with Gasteiger partial charge in [-0.25, -0.2) is 4.79 Å². The second kappa shape index (κ2) is 7.51. The van der Waals surface area contributed by atoms with Gasteiger partial charge in [0.1, 0.15) is 5.75 Å². The second-order valence-electron chi connectivity index (χ2n) is 7.85. The first-order valence-electron chi connectivity index (χ1n) is 9.03. The lowest BCUT2D eigenvalue weighted by atomic mass is 9.96. The number of allylic oxidation sites excluding steroid dienone is 1. The molecule has 1 saturated heterocycles. The van der Waals surface area contributed by atoms with Crippen LogP contribution in [0.25, 0.3) is 0 Å². The lowest BCUT2D eigenvalue weighted by Crippen LogP contribution is -2.38. The molecule has 0 amide bonds. The summed E-state index contributed by atoms with van der Waals surface area (Å²) < 4.78 is 5.78. The van der Waals surface area contributed by atoms with Crippen molar-refractivity contribution in [2.75, 3.05) is 13.1 Å². The topological polar surface area (TPSA) is 49.8 Å². The highest BCUT2D eigenvalue weighted by molar-refractivity contribution is 5.77. The molecule has 0 unspecified atom stereocenters. The first-order chi connectivity index (χ1) is 11.6. The highest BCUT2D eigenvalue weighted by atomic mass is 16.5. The maximum Gasteiger partial charge on any atom is 0.347 e. The average Bonchev–Trinajstić information content (AvgIpc) is 2.98. The normalized spacial score (nSPS) is 17.6. The molecule has 4 heteroatoms. The zero-order chi connectivity index (χ0) is 18.8. The van der Waals surface area contributed by atoms with Crippen LogP contribution in [0.15, 0.2) is 24.4 Å². The maximum atomic E-state index is 11.3.